The van der Waals surface area contributed by atoms with Crippen molar-refractivity contribution >= 4 is 5.82 Å². The molecule has 0 bridgehead atoms. The SMILES string of the molecule is Cc1nc(N)c(-c2cncnc2)nc1C. The zero-order valence-corrected chi connectivity index (χ0v) is 8.60. The van der Waals surface area contributed by atoms with E-state index in [1.165, 1.54) is 6.33 Å². The molecule has 0 aromatic carbocycles. The van der Waals surface area contributed by atoms with Crippen molar-refractivity contribution in [1.29, 1.82) is 0 Å². The number of aromatic nitrogens is 4. The van der Waals surface area contributed by atoms with Crippen LogP contribution in [0, 0.1) is 13.8 Å². The van der Waals surface area contributed by atoms with Crippen LogP contribution in [0.15, 0.2) is 18.7 Å². The predicted octanol–water partition coefficient (Wildman–Crippen LogP) is 1.13. The second-order valence-corrected chi connectivity index (χ2v) is 3.26. The molecular weight excluding hydrogens is 190 g/mol. The van der Waals surface area contributed by atoms with E-state index in [4.69, 9.17) is 5.73 Å². The van der Waals surface area contributed by atoms with Gasteiger partial charge in [-0.2, -0.15) is 0 Å². The van der Waals surface area contributed by atoms with Crippen LogP contribution in [0.5, 0.6) is 0 Å². The molecule has 0 unspecified atom stereocenters. The van der Waals surface area contributed by atoms with Crippen LogP contribution in [0.3, 0.4) is 0 Å². The molecule has 0 radical (unpaired) electrons. The quantitative estimate of drug-likeness (QED) is 0.748. The molecule has 0 saturated carbocycles. The summed E-state index contributed by atoms with van der Waals surface area (Å²) < 4.78 is 0. The van der Waals surface area contributed by atoms with Crippen molar-refractivity contribution in [3.8, 4) is 11.3 Å². The maximum absolute atomic E-state index is 5.79. The first-order valence-corrected chi connectivity index (χ1v) is 4.54. The largest absolute Gasteiger partial charge is 0.382 e. The van der Waals surface area contributed by atoms with Crippen LogP contribution in [0.1, 0.15) is 11.4 Å². The van der Waals surface area contributed by atoms with Crippen molar-refractivity contribution in [1.82, 2.24) is 19.9 Å². The van der Waals surface area contributed by atoms with E-state index in [0.717, 1.165) is 17.0 Å². The molecule has 15 heavy (non-hydrogen) atoms. The van der Waals surface area contributed by atoms with E-state index in [9.17, 15) is 0 Å². The minimum Gasteiger partial charge on any atom is -0.382 e. The van der Waals surface area contributed by atoms with E-state index >= 15 is 0 Å². The third kappa shape index (κ3) is 1.76. The number of anilines is 1. The maximum atomic E-state index is 5.79. The first-order valence-electron chi connectivity index (χ1n) is 4.54. The van der Waals surface area contributed by atoms with Crippen LogP contribution in [0.2, 0.25) is 0 Å². The van der Waals surface area contributed by atoms with Gasteiger partial charge >= 0.3 is 0 Å². The predicted molar refractivity (Wildman–Crippen MR) is 56.9 cm³/mol. The summed E-state index contributed by atoms with van der Waals surface area (Å²) in [6, 6.07) is 0. The Morgan fingerprint density at radius 3 is 2.27 bits per heavy atom. The third-order valence-corrected chi connectivity index (χ3v) is 2.17. The van der Waals surface area contributed by atoms with Crippen molar-refractivity contribution in [2.45, 2.75) is 13.8 Å². The van der Waals surface area contributed by atoms with Gasteiger partial charge in [-0.3, -0.25) is 0 Å². The average Bonchev–Trinajstić information content (AvgIpc) is 2.25. The number of hydrogen-bond acceptors (Lipinski definition) is 5. The van der Waals surface area contributed by atoms with Gasteiger partial charge in [0.25, 0.3) is 0 Å². The fraction of sp³-hybridized carbons (Fsp3) is 0.200. The van der Waals surface area contributed by atoms with Crippen LogP contribution in [0.25, 0.3) is 11.3 Å². The molecule has 76 valence electrons. The second kappa shape index (κ2) is 3.61. The summed E-state index contributed by atoms with van der Waals surface area (Å²) in [7, 11) is 0. The van der Waals surface area contributed by atoms with Crippen molar-refractivity contribution in [2.75, 3.05) is 5.73 Å². The van der Waals surface area contributed by atoms with Gasteiger partial charge in [0, 0.05) is 18.0 Å². The average molecular weight is 201 g/mol. The topological polar surface area (TPSA) is 77.6 Å². The molecule has 0 aliphatic heterocycles. The number of hydrogen-bond donors (Lipinski definition) is 1. The van der Waals surface area contributed by atoms with E-state index in [2.05, 4.69) is 19.9 Å². The van der Waals surface area contributed by atoms with Crippen LogP contribution in [-0.2, 0) is 0 Å². The van der Waals surface area contributed by atoms with E-state index in [-0.39, 0.29) is 0 Å². The van der Waals surface area contributed by atoms with Gasteiger partial charge in [0.15, 0.2) is 0 Å². The summed E-state index contributed by atoms with van der Waals surface area (Å²) >= 11 is 0. The Kier molecular flexibility index (Phi) is 2.29. The summed E-state index contributed by atoms with van der Waals surface area (Å²) in [5, 5.41) is 0. The molecule has 2 rings (SSSR count). The van der Waals surface area contributed by atoms with Crippen LogP contribution in [0.4, 0.5) is 5.82 Å². The van der Waals surface area contributed by atoms with Gasteiger partial charge in [-0.25, -0.2) is 19.9 Å². The Hall–Kier alpha value is -2.04. The van der Waals surface area contributed by atoms with Gasteiger partial charge in [0.1, 0.15) is 17.8 Å². The number of aryl methyl sites for hydroxylation is 2. The van der Waals surface area contributed by atoms with Gasteiger partial charge in [-0.15, -0.1) is 0 Å². The summed E-state index contributed by atoms with van der Waals surface area (Å²) in [4.78, 5) is 16.4. The lowest BCUT2D eigenvalue weighted by Gasteiger charge is -2.06. The zero-order chi connectivity index (χ0) is 10.8. The minimum atomic E-state index is 0.410. The summed E-state index contributed by atoms with van der Waals surface area (Å²) in [5.41, 5.74) is 8.92. The lowest BCUT2D eigenvalue weighted by atomic mass is 10.2. The third-order valence-electron chi connectivity index (χ3n) is 2.17. The minimum absolute atomic E-state index is 0.410. The Bertz CT molecular complexity index is 481. The molecule has 2 aromatic heterocycles. The Morgan fingerprint density at radius 2 is 1.60 bits per heavy atom. The Morgan fingerprint density at radius 1 is 1.00 bits per heavy atom. The van der Waals surface area contributed by atoms with Gasteiger partial charge in [-0.1, -0.05) is 0 Å². The molecule has 0 atom stereocenters. The first-order chi connectivity index (χ1) is 7.18. The molecule has 2 aromatic rings. The van der Waals surface area contributed by atoms with Crippen LogP contribution >= 0.6 is 0 Å². The molecule has 0 aliphatic rings. The Labute approximate surface area is 87.4 Å². The van der Waals surface area contributed by atoms with Gasteiger partial charge < -0.3 is 5.73 Å². The molecule has 2 heterocycles. The number of rotatable bonds is 1. The van der Waals surface area contributed by atoms with Crippen LogP contribution in [-0.4, -0.2) is 19.9 Å². The fourth-order valence-corrected chi connectivity index (χ4v) is 1.25. The summed E-state index contributed by atoms with van der Waals surface area (Å²) in [5.74, 6) is 0.410. The lowest BCUT2D eigenvalue weighted by molar-refractivity contribution is 1.05. The maximum Gasteiger partial charge on any atom is 0.150 e. The molecule has 2 N–H and O–H groups in total. The van der Waals surface area contributed by atoms with E-state index in [1.54, 1.807) is 12.4 Å². The number of nitrogens with two attached hydrogens (primary N) is 1. The smallest absolute Gasteiger partial charge is 0.150 e. The summed E-state index contributed by atoms with van der Waals surface area (Å²) in [6.07, 6.45) is 4.80. The van der Waals surface area contributed by atoms with Crippen LogP contribution < -0.4 is 5.73 Å². The molecule has 0 fully saturated rings. The summed E-state index contributed by atoms with van der Waals surface area (Å²) in [6.45, 7) is 3.78. The monoisotopic (exact) mass is 201 g/mol. The molecule has 0 amide bonds. The molecular formula is C10H11N5. The normalized spacial score (nSPS) is 10.3. The number of nitrogens with zero attached hydrogens (tertiary/aromatic N) is 4. The first kappa shape index (κ1) is 9.51. The van der Waals surface area contributed by atoms with Crippen molar-refractivity contribution in [2.24, 2.45) is 0 Å². The highest BCUT2D eigenvalue weighted by Crippen LogP contribution is 2.21. The highest BCUT2D eigenvalue weighted by Gasteiger charge is 2.08. The molecule has 5 heteroatoms. The van der Waals surface area contributed by atoms with Gasteiger partial charge in [-0.05, 0) is 13.8 Å². The molecule has 5 nitrogen and oxygen atoms in total. The lowest BCUT2D eigenvalue weighted by Crippen LogP contribution is -2.02. The van der Waals surface area contributed by atoms with Crippen molar-refractivity contribution in [3.05, 3.63) is 30.1 Å². The van der Waals surface area contributed by atoms with Crippen molar-refractivity contribution < 1.29 is 0 Å². The molecule has 0 aliphatic carbocycles. The molecule has 0 spiro atoms. The standard InChI is InChI=1S/C10H11N5/c1-6-7(2)15-10(11)9(14-6)8-3-12-5-13-4-8/h3-5H,1-2H3,(H2,11,15). The zero-order valence-electron chi connectivity index (χ0n) is 8.60. The van der Waals surface area contributed by atoms with Crippen molar-refractivity contribution in [3.63, 3.8) is 0 Å². The Balaban J connectivity index is 2.59. The highest BCUT2D eigenvalue weighted by atomic mass is 14.9. The fourth-order valence-electron chi connectivity index (χ4n) is 1.25. The van der Waals surface area contributed by atoms with Gasteiger partial charge in [0.05, 0.1) is 11.4 Å². The van der Waals surface area contributed by atoms with E-state index in [1.807, 2.05) is 13.8 Å². The van der Waals surface area contributed by atoms with Gasteiger partial charge in [0.2, 0.25) is 0 Å². The number of nitrogen functional groups attached to an aromatic ring is 1. The molecule has 0 saturated heterocycles. The second-order valence-electron chi connectivity index (χ2n) is 3.26. The van der Waals surface area contributed by atoms with E-state index < -0.39 is 0 Å². The van der Waals surface area contributed by atoms with E-state index in [0.29, 0.717) is 11.5 Å². The highest BCUT2D eigenvalue weighted by molar-refractivity contribution is 5.68.